The molecule has 0 radical (unpaired) electrons. The highest BCUT2D eigenvalue weighted by atomic mass is 15.2. The summed E-state index contributed by atoms with van der Waals surface area (Å²) in [7, 11) is 2.47. The molecule has 0 aromatic carbocycles. The molecule has 0 N–H and O–H groups in total. The quantitative estimate of drug-likeness (QED) is 0.547. The van der Waals surface area contributed by atoms with Crippen molar-refractivity contribution in [3.8, 4) is 0 Å². The summed E-state index contributed by atoms with van der Waals surface area (Å²) in [5.41, 5.74) is 0. The molecule has 21 heavy (non-hydrogen) atoms. The van der Waals surface area contributed by atoms with Gasteiger partial charge >= 0.3 is 0 Å². The van der Waals surface area contributed by atoms with Gasteiger partial charge in [-0.3, -0.25) is 0 Å². The highest BCUT2D eigenvalue weighted by Crippen LogP contribution is 2.40. The molecule has 0 amide bonds. The molecule has 3 fully saturated rings. The molecule has 1 aliphatic heterocycles. The Morgan fingerprint density at radius 3 is 1.38 bits per heavy atom. The summed E-state index contributed by atoms with van der Waals surface area (Å²) in [5, 5.41) is 0. The minimum atomic E-state index is 0.905. The van der Waals surface area contributed by atoms with E-state index in [2.05, 4.69) is 11.9 Å². The van der Waals surface area contributed by atoms with E-state index in [1.165, 1.54) is 83.5 Å². The Labute approximate surface area is 132 Å². The van der Waals surface area contributed by atoms with Gasteiger partial charge in [0, 0.05) is 12.1 Å². The van der Waals surface area contributed by atoms with E-state index >= 15 is 0 Å². The highest BCUT2D eigenvalue weighted by Gasteiger charge is 2.35. The van der Waals surface area contributed by atoms with Crippen LogP contribution in [-0.4, -0.2) is 24.0 Å². The van der Waals surface area contributed by atoms with Crippen LogP contribution < -0.4 is 0 Å². The van der Waals surface area contributed by atoms with Crippen LogP contribution in [0, 0.1) is 11.8 Å². The third-order valence-electron chi connectivity index (χ3n) is 6.94. The maximum Gasteiger partial charge on any atom is 0.00978 e. The van der Waals surface area contributed by atoms with Gasteiger partial charge in [-0.15, -0.1) is 0 Å². The van der Waals surface area contributed by atoms with Crippen molar-refractivity contribution in [2.45, 2.75) is 108 Å². The van der Waals surface area contributed by atoms with Crippen LogP contribution in [0.5, 0.6) is 0 Å². The fourth-order valence-electron chi connectivity index (χ4n) is 5.52. The molecule has 122 valence electrons. The first-order valence-electron chi connectivity index (χ1n) is 10.1. The van der Waals surface area contributed by atoms with E-state index in [-0.39, 0.29) is 0 Å². The van der Waals surface area contributed by atoms with E-state index in [1.807, 2.05) is 0 Å². The number of nitrogens with zero attached hydrogens (tertiary/aromatic N) is 1. The third-order valence-corrected chi connectivity index (χ3v) is 6.94. The zero-order valence-electron chi connectivity index (χ0n) is 14.4. The lowest BCUT2D eigenvalue weighted by Gasteiger charge is -2.34. The van der Waals surface area contributed by atoms with E-state index in [4.69, 9.17) is 0 Å². The van der Waals surface area contributed by atoms with Gasteiger partial charge < -0.3 is 4.90 Å². The third kappa shape index (κ3) is 4.24. The molecule has 1 nitrogen and oxygen atoms in total. The van der Waals surface area contributed by atoms with Crippen LogP contribution in [0.1, 0.15) is 96.3 Å². The van der Waals surface area contributed by atoms with Gasteiger partial charge in [-0.2, -0.15) is 0 Å². The number of fused-ring (bicyclic) bond motifs is 5. The molecule has 4 atom stereocenters. The molecule has 0 aromatic rings. The number of rotatable bonds is 0. The van der Waals surface area contributed by atoms with Gasteiger partial charge in [-0.05, 0) is 44.6 Å². The van der Waals surface area contributed by atoms with E-state index in [9.17, 15) is 0 Å². The summed E-state index contributed by atoms with van der Waals surface area (Å²) in [4.78, 5) is 2.85. The van der Waals surface area contributed by atoms with Gasteiger partial charge in [0.2, 0.25) is 0 Å². The Morgan fingerprint density at radius 1 is 0.524 bits per heavy atom. The minimum absolute atomic E-state index is 0.905. The largest absolute Gasteiger partial charge is 0.300 e. The van der Waals surface area contributed by atoms with Crippen LogP contribution in [0.2, 0.25) is 0 Å². The van der Waals surface area contributed by atoms with Crippen molar-refractivity contribution in [1.29, 1.82) is 0 Å². The van der Waals surface area contributed by atoms with Crippen molar-refractivity contribution < 1.29 is 0 Å². The normalized spacial score (nSPS) is 40.4. The zero-order chi connectivity index (χ0) is 14.5. The average Bonchev–Trinajstić information content (AvgIpc) is 2.59. The number of likely N-dealkylation sites (tertiary alicyclic amines) is 1. The molecule has 3 aliphatic rings. The van der Waals surface area contributed by atoms with E-state index < -0.39 is 0 Å². The second-order valence-electron chi connectivity index (χ2n) is 8.30. The van der Waals surface area contributed by atoms with E-state index in [1.54, 1.807) is 12.8 Å². The van der Waals surface area contributed by atoms with Crippen molar-refractivity contribution in [2.75, 3.05) is 7.05 Å². The molecule has 2 saturated carbocycles. The average molecular weight is 292 g/mol. The van der Waals surface area contributed by atoms with Crippen molar-refractivity contribution in [2.24, 2.45) is 11.8 Å². The smallest absolute Gasteiger partial charge is 0.00978 e. The van der Waals surface area contributed by atoms with Gasteiger partial charge in [0.1, 0.15) is 0 Å². The molecule has 1 heteroatoms. The van der Waals surface area contributed by atoms with E-state index in [0.29, 0.717) is 0 Å². The lowest BCUT2D eigenvalue weighted by Crippen LogP contribution is -2.39. The summed E-state index contributed by atoms with van der Waals surface area (Å²) in [5.74, 6) is 2.11. The van der Waals surface area contributed by atoms with Gasteiger partial charge in [-0.25, -0.2) is 0 Å². The maximum absolute atomic E-state index is 2.85. The minimum Gasteiger partial charge on any atom is -0.300 e. The SMILES string of the molecule is CN1C2CCCCCCC(C2)[C@@H]2CCCCCCCC1C2. The summed E-state index contributed by atoms with van der Waals surface area (Å²) >= 11 is 0. The molecule has 1 saturated heterocycles. The Kier molecular flexibility index (Phi) is 6.03. The fourth-order valence-corrected chi connectivity index (χ4v) is 5.52. The highest BCUT2D eigenvalue weighted by molar-refractivity contribution is 4.89. The number of hydrogen-bond acceptors (Lipinski definition) is 1. The molecule has 0 spiro atoms. The summed E-state index contributed by atoms with van der Waals surface area (Å²) in [6.07, 6.45) is 22.6. The molecule has 0 aromatic heterocycles. The number of hydrogen-bond donors (Lipinski definition) is 0. The topological polar surface area (TPSA) is 3.24 Å². The Hall–Kier alpha value is -0.0400. The van der Waals surface area contributed by atoms with E-state index in [0.717, 1.165) is 23.9 Å². The van der Waals surface area contributed by atoms with Gasteiger partial charge in [0.15, 0.2) is 0 Å². The Balaban J connectivity index is 1.77. The second-order valence-corrected chi connectivity index (χ2v) is 8.30. The van der Waals surface area contributed by atoms with Crippen molar-refractivity contribution in [1.82, 2.24) is 4.90 Å². The van der Waals surface area contributed by atoms with Crippen LogP contribution in [0.15, 0.2) is 0 Å². The summed E-state index contributed by atoms with van der Waals surface area (Å²) < 4.78 is 0. The van der Waals surface area contributed by atoms with Crippen LogP contribution in [0.3, 0.4) is 0 Å². The summed E-state index contributed by atoms with van der Waals surface area (Å²) in [6.45, 7) is 0. The van der Waals surface area contributed by atoms with Crippen LogP contribution in [-0.2, 0) is 0 Å². The van der Waals surface area contributed by atoms with Crippen molar-refractivity contribution in [3.63, 3.8) is 0 Å². The predicted octanol–water partition coefficient (Wildman–Crippen LogP) is 5.78. The first-order valence-corrected chi connectivity index (χ1v) is 10.1. The summed E-state index contributed by atoms with van der Waals surface area (Å²) in [6, 6.07) is 1.81. The molecule has 3 unspecified atom stereocenters. The fraction of sp³-hybridized carbons (Fsp3) is 1.00. The van der Waals surface area contributed by atoms with Crippen LogP contribution in [0.4, 0.5) is 0 Å². The molecule has 3 rings (SSSR count). The molecule has 1 heterocycles. The van der Waals surface area contributed by atoms with Gasteiger partial charge in [0.05, 0.1) is 0 Å². The standard InChI is InChI=1S/C20H37N/c1-21-19-13-9-4-2-3-7-11-17(15-19)18-12-8-5-6-10-14-20(21)16-18/h17-20H,2-16H2,1H3/t17-,18?,19?,20?/m1/s1. The van der Waals surface area contributed by atoms with Gasteiger partial charge in [-0.1, -0.05) is 70.6 Å². The zero-order valence-corrected chi connectivity index (χ0v) is 14.4. The molecule has 4 bridgehead atoms. The molecular weight excluding hydrogens is 254 g/mol. The van der Waals surface area contributed by atoms with Crippen molar-refractivity contribution >= 4 is 0 Å². The van der Waals surface area contributed by atoms with Crippen LogP contribution in [0.25, 0.3) is 0 Å². The maximum atomic E-state index is 2.85. The lowest BCUT2D eigenvalue weighted by molar-refractivity contribution is 0.148. The monoisotopic (exact) mass is 291 g/mol. The molecular formula is C20H37N. The first kappa shape index (κ1) is 15.8. The van der Waals surface area contributed by atoms with Gasteiger partial charge in [0.25, 0.3) is 0 Å². The Morgan fingerprint density at radius 2 is 0.905 bits per heavy atom. The lowest BCUT2D eigenvalue weighted by atomic mass is 9.78. The van der Waals surface area contributed by atoms with Crippen LogP contribution >= 0.6 is 0 Å². The molecule has 2 aliphatic carbocycles. The first-order chi connectivity index (χ1) is 10.3. The predicted molar refractivity (Wildman–Crippen MR) is 91.6 cm³/mol. The second kappa shape index (κ2) is 7.99. The Bertz CT molecular complexity index is 300. The van der Waals surface area contributed by atoms with Crippen molar-refractivity contribution in [3.05, 3.63) is 0 Å².